The van der Waals surface area contributed by atoms with Crippen molar-refractivity contribution in [2.24, 2.45) is 5.92 Å². The lowest BCUT2D eigenvalue weighted by Crippen LogP contribution is -2.51. The third-order valence-electron chi connectivity index (χ3n) is 7.96. The molecule has 0 bridgehead atoms. The summed E-state index contributed by atoms with van der Waals surface area (Å²) in [5.41, 5.74) is -0.969. The van der Waals surface area contributed by atoms with Gasteiger partial charge in [0.1, 0.15) is 29.1 Å². The van der Waals surface area contributed by atoms with Crippen LogP contribution in [0.1, 0.15) is 44.1 Å². The lowest BCUT2D eigenvalue weighted by Gasteiger charge is -2.29. The molecule has 1 aromatic carbocycles. The molecule has 2 aliphatic rings. The number of hydrogen-bond donors (Lipinski definition) is 2. The van der Waals surface area contributed by atoms with Gasteiger partial charge in [-0.1, -0.05) is 0 Å². The Labute approximate surface area is 234 Å². The van der Waals surface area contributed by atoms with E-state index >= 15 is 8.78 Å². The number of ether oxygens (including phenoxy) is 2. The molecule has 2 fully saturated rings. The summed E-state index contributed by atoms with van der Waals surface area (Å²) in [6.07, 6.45) is 0.246. The number of nitrogens with one attached hydrogen (secondary N) is 2. The van der Waals surface area contributed by atoms with Gasteiger partial charge in [0.15, 0.2) is 0 Å². The summed E-state index contributed by atoms with van der Waals surface area (Å²) in [4.78, 5) is 41.3. The molecule has 3 amide bonds. The van der Waals surface area contributed by atoms with Gasteiger partial charge in [-0.15, -0.1) is 0 Å². The molecule has 4 rings (SSSR count). The van der Waals surface area contributed by atoms with Crippen LogP contribution in [-0.4, -0.2) is 61.9 Å². The van der Waals surface area contributed by atoms with Gasteiger partial charge in [-0.3, -0.25) is 9.59 Å². The van der Waals surface area contributed by atoms with Crippen LogP contribution in [-0.2, 0) is 16.1 Å². The Morgan fingerprint density at radius 3 is 2.32 bits per heavy atom. The molecule has 3 atom stereocenters. The van der Waals surface area contributed by atoms with Gasteiger partial charge < -0.3 is 29.6 Å². The number of carbonyl (C=O) groups excluding carboxylic acids is 2. The van der Waals surface area contributed by atoms with E-state index in [2.05, 4.69) is 10.6 Å². The van der Waals surface area contributed by atoms with Crippen molar-refractivity contribution < 1.29 is 36.6 Å². The molecule has 9 nitrogen and oxygen atoms in total. The van der Waals surface area contributed by atoms with Gasteiger partial charge in [0.25, 0.3) is 11.5 Å². The summed E-state index contributed by atoms with van der Waals surface area (Å²) < 4.78 is 68.1. The van der Waals surface area contributed by atoms with Crippen molar-refractivity contribution in [2.75, 3.05) is 25.7 Å². The summed E-state index contributed by atoms with van der Waals surface area (Å²) >= 11 is 0. The van der Waals surface area contributed by atoms with Crippen LogP contribution >= 0.6 is 0 Å². The van der Waals surface area contributed by atoms with Crippen LogP contribution in [0.15, 0.2) is 35.3 Å². The Bertz CT molecular complexity index is 1290. The monoisotopic (exact) mass is 582 g/mol. The lowest BCUT2D eigenvalue weighted by molar-refractivity contribution is -0.118. The maximum absolute atomic E-state index is 15.3. The Morgan fingerprint density at radius 1 is 1.07 bits per heavy atom. The van der Waals surface area contributed by atoms with Crippen LogP contribution in [0.25, 0.3) is 0 Å². The largest absolute Gasteiger partial charge is 0.497 e. The number of alkyl halides is 2. The number of carbonyl (C=O) groups is 2. The zero-order chi connectivity index (χ0) is 29.8. The molecule has 41 heavy (non-hydrogen) atoms. The number of aromatic nitrogens is 1. The van der Waals surface area contributed by atoms with Gasteiger partial charge in [0, 0.05) is 61.5 Å². The van der Waals surface area contributed by atoms with Gasteiger partial charge in [0.05, 0.1) is 13.7 Å². The number of anilines is 1. The van der Waals surface area contributed by atoms with Gasteiger partial charge in [0.2, 0.25) is 6.43 Å². The highest BCUT2D eigenvalue weighted by Gasteiger charge is 2.50. The second-order valence-electron chi connectivity index (χ2n) is 10.4. The number of rotatable bonds is 9. The van der Waals surface area contributed by atoms with E-state index in [0.29, 0.717) is 12.8 Å². The summed E-state index contributed by atoms with van der Waals surface area (Å²) in [6.45, 7) is 1.99. The molecule has 1 saturated carbocycles. The van der Waals surface area contributed by atoms with Crippen LogP contribution in [0.3, 0.4) is 0 Å². The topological polar surface area (TPSA) is 102 Å². The Kier molecular flexibility index (Phi) is 9.57. The van der Waals surface area contributed by atoms with Crippen molar-refractivity contribution in [3.63, 3.8) is 0 Å². The van der Waals surface area contributed by atoms with E-state index in [1.165, 1.54) is 31.0 Å². The molecule has 1 aliphatic carbocycles. The van der Waals surface area contributed by atoms with E-state index in [9.17, 15) is 23.2 Å². The quantitative estimate of drug-likeness (QED) is 0.439. The average Bonchev–Trinajstić information content (AvgIpc) is 3.16. The minimum Gasteiger partial charge on any atom is -0.497 e. The minimum atomic E-state index is -2.43. The highest BCUT2D eigenvalue weighted by Crippen LogP contribution is 2.40. The average molecular weight is 583 g/mol. The van der Waals surface area contributed by atoms with Crippen molar-refractivity contribution >= 4 is 17.6 Å². The van der Waals surface area contributed by atoms with Crippen molar-refractivity contribution in [2.45, 2.75) is 69.6 Å². The summed E-state index contributed by atoms with van der Waals surface area (Å²) in [5, 5.41) is 5.26. The zero-order valence-corrected chi connectivity index (χ0v) is 23.0. The fourth-order valence-electron chi connectivity index (χ4n) is 5.80. The number of pyridine rings is 1. The Morgan fingerprint density at radius 2 is 1.73 bits per heavy atom. The maximum Gasteiger partial charge on any atom is 0.315 e. The van der Waals surface area contributed by atoms with Crippen LogP contribution in [0.4, 0.5) is 28.0 Å². The number of methoxy groups -OCH3 is 2. The van der Waals surface area contributed by atoms with Gasteiger partial charge in [-0.25, -0.2) is 22.4 Å². The molecule has 2 heterocycles. The smallest absolute Gasteiger partial charge is 0.315 e. The second-order valence-corrected chi connectivity index (χ2v) is 10.4. The van der Waals surface area contributed by atoms with Crippen molar-refractivity contribution in [1.82, 2.24) is 15.2 Å². The molecule has 0 radical (unpaired) electrons. The third kappa shape index (κ3) is 6.34. The first-order valence-corrected chi connectivity index (χ1v) is 13.5. The van der Waals surface area contributed by atoms with Crippen molar-refractivity contribution in [3.05, 3.63) is 58.0 Å². The van der Waals surface area contributed by atoms with Crippen LogP contribution in [0, 0.1) is 17.6 Å². The second kappa shape index (κ2) is 12.9. The summed E-state index contributed by atoms with van der Waals surface area (Å²) in [5.74, 6) is -4.70. The normalized spacial score (nSPS) is 24.5. The molecule has 2 aromatic rings. The van der Waals surface area contributed by atoms with Crippen molar-refractivity contribution in [3.8, 4) is 5.75 Å². The van der Waals surface area contributed by atoms with E-state index in [1.807, 2.05) is 0 Å². The fourth-order valence-corrected chi connectivity index (χ4v) is 5.80. The van der Waals surface area contributed by atoms with Gasteiger partial charge in [-0.2, -0.15) is 0 Å². The molecule has 1 unspecified atom stereocenters. The van der Waals surface area contributed by atoms with Crippen LogP contribution in [0.2, 0.25) is 0 Å². The van der Waals surface area contributed by atoms with Gasteiger partial charge in [-0.05, 0) is 44.7 Å². The molecule has 1 saturated heterocycles. The molecule has 224 valence electrons. The van der Waals surface area contributed by atoms with E-state index in [-0.39, 0.29) is 37.4 Å². The molecular weight excluding hydrogens is 548 g/mol. The molecule has 0 spiro atoms. The fraction of sp³-hybridized carbons (Fsp3) is 0.536. The van der Waals surface area contributed by atoms with E-state index in [4.69, 9.17) is 9.47 Å². The summed E-state index contributed by atoms with van der Waals surface area (Å²) in [7, 11) is 2.74. The molecule has 2 N–H and O–H groups in total. The lowest BCUT2D eigenvalue weighted by atomic mass is 9.86. The zero-order valence-electron chi connectivity index (χ0n) is 23.0. The predicted octanol–water partition coefficient (Wildman–Crippen LogP) is 3.79. The molecule has 1 aliphatic heterocycles. The molecule has 1 aromatic heterocycles. The first-order valence-electron chi connectivity index (χ1n) is 13.5. The Balaban J connectivity index is 1.66. The van der Waals surface area contributed by atoms with Crippen molar-refractivity contribution in [1.29, 1.82) is 0 Å². The van der Waals surface area contributed by atoms with E-state index in [0.717, 1.165) is 17.0 Å². The number of hydrogen-bond acceptors (Lipinski definition) is 5. The first kappa shape index (κ1) is 30.4. The number of nitrogens with zero attached hydrogens (tertiary/aromatic N) is 2. The highest BCUT2D eigenvalue weighted by atomic mass is 19.3. The van der Waals surface area contributed by atoms with Gasteiger partial charge >= 0.3 is 6.03 Å². The van der Waals surface area contributed by atoms with Crippen LogP contribution < -0.4 is 25.8 Å². The SMILES string of the molecule is COCCn1cccc(N2C(=O)C(NC(=O)N[C@H]3CC[C@H](C(F)F)CC3)[C@H](c3c(F)cc(OC)cc3F)[C@@H]2C)c1=O. The highest BCUT2D eigenvalue weighted by molar-refractivity contribution is 6.03. The van der Waals surface area contributed by atoms with E-state index in [1.54, 1.807) is 13.0 Å². The number of benzene rings is 1. The first-order chi connectivity index (χ1) is 19.6. The molecular formula is C28H34F4N4O5. The molecule has 13 heteroatoms. The number of urea groups is 1. The van der Waals surface area contributed by atoms with Crippen LogP contribution in [0.5, 0.6) is 5.75 Å². The third-order valence-corrected chi connectivity index (χ3v) is 7.96. The number of halogens is 4. The summed E-state index contributed by atoms with van der Waals surface area (Å²) in [6, 6.07) is 1.41. The minimum absolute atomic E-state index is 0.0181. The maximum atomic E-state index is 15.3. The predicted molar refractivity (Wildman–Crippen MR) is 142 cm³/mol. The standard InChI is InChI=1S/C28H34F4N4O5/c1-15-22(23-19(29)13-18(41-3)14-20(23)30)24(34-28(39)33-17-8-6-16(7-9-17)25(31)32)27(38)36(15)21-5-4-10-35(26(21)37)11-12-40-2/h4-5,10,13-17,22,24-25H,6-9,11-12H2,1-3H3,(H2,33,34,39)/t15-,16-,17-,22-,24?/m0/s1. The number of amides is 3. The van der Waals surface area contributed by atoms with E-state index < -0.39 is 71.1 Å². The Hall–Kier alpha value is -3.61.